The lowest BCUT2D eigenvalue weighted by atomic mass is 10.0. The van der Waals surface area contributed by atoms with Gasteiger partial charge in [-0.1, -0.05) is 54.6 Å². The topological polar surface area (TPSA) is 71.8 Å². The zero-order chi connectivity index (χ0) is 21.4. The van der Waals surface area contributed by atoms with E-state index in [1.807, 2.05) is 60.7 Å². The predicted octanol–water partition coefficient (Wildman–Crippen LogP) is 5.28. The van der Waals surface area contributed by atoms with Gasteiger partial charge in [-0.25, -0.2) is 0 Å². The molecule has 0 spiro atoms. The number of aromatic nitrogens is 1. The summed E-state index contributed by atoms with van der Waals surface area (Å²) >= 11 is 0. The number of rotatable bonds is 4. The van der Waals surface area contributed by atoms with Gasteiger partial charge in [-0.05, 0) is 53.1 Å². The van der Waals surface area contributed by atoms with E-state index in [9.17, 15) is 10.1 Å². The number of nitrogens with zero attached hydrogens (tertiary/aromatic N) is 2. The fraction of sp³-hybridized carbons (Fsp3) is 0.0370. The Labute approximate surface area is 179 Å². The maximum Gasteiger partial charge on any atom is 0.249 e. The Hall–Kier alpha value is -4.36. The molecule has 0 bridgehead atoms. The number of carbonyl (C=O) groups is 1. The van der Waals surface area contributed by atoms with Gasteiger partial charge in [-0.15, -0.1) is 0 Å². The van der Waals surface area contributed by atoms with Gasteiger partial charge in [0.2, 0.25) is 5.91 Å². The molecule has 5 aromatic rings. The number of hydrogen-bond acceptors (Lipinski definition) is 2. The van der Waals surface area contributed by atoms with Crippen molar-refractivity contribution in [3.05, 3.63) is 108 Å². The maximum absolute atomic E-state index is 12.2. The largest absolute Gasteiger partial charge is 0.366 e. The van der Waals surface area contributed by atoms with Crippen molar-refractivity contribution in [1.29, 1.82) is 5.26 Å². The van der Waals surface area contributed by atoms with Gasteiger partial charge in [0.25, 0.3) is 0 Å². The van der Waals surface area contributed by atoms with Crippen LogP contribution in [0.25, 0.3) is 32.9 Å². The van der Waals surface area contributed by atoms with Gasteiger partial charge in [-0.3, -0.25) is 4.79 Å². The minimum Gasteiger partial charge on any atom is -0.366 e. The highest BCUT2D eigenvalue weighted by Gasteiger charge is 2.18. The Kier molecular flexibility index (Phi) is 4.50. The monoisotopic (exact) mass is 400 g/mol. The van der Waals surface area contributed by atoms with Crippen LogP contribution in [0.15, 0.2) is 84.9 Å². The van der Waals surface area contributed by atoms with E-state index >= 15 is 0 Å². The average Bonchev–Trinajstić information content (AvgIpc) is 3.13. The molecule has 0 fully saturated rings. The molecule has 2 N–H and O–H groups in total. The van der Waals surface area contributed by atoms with E-state index in [1.165, 1.54) is 0 Å². The number of amides is 1. The molecule has 0 saturated carbocycles. The van der Waals surface area contributed by atoms with E-state index in [-0.39, 0.29) is 0 Å². The summed E-state index contributed by atoms with van der Waals surface area (Å²) in [6, 6.07) is 33.0. The Morgan fingerprint density at radius 3 is 2.48 bits per heavy atom. The summed E-state index contributed by atoms with van der Waals surface area (Å²) in [6.45, 7) is 0.498. The first-order chi connectivity index (χ1) is 15.2. The molecule has 4 aromatic carbocycles. The van der Waals surface area contributed by atoms with E-state index in [0.29, 0.717) is 17.7 Å². The summed E-state index contributed by atoms with van der Waals surface area (Å²) in [4.78, 5) is 12.2. The number of carbonyl (C=O) groups excluding carboxylic acids is 1. The Bertz CT molecular complexity index is 1490. The highest BCUT2D eigenvalue weighted by atomic mass is 16.1. The van der Waals surface area contributed by atoms with E-state index < -0.39 is 5.91 Å². The van der Waals surface area contributed by atoms with Crippen molar-refractivity contribution >= 4 is 27.7 Å². The van der Waals surface area contributed by atoms with Gasteiger partial charge in [-0.2, -0.15) is 5.26 Å². The van der Waals surface area contributed by atoms with Crippen molar-refractivity contribution in [2.75, 3.05) is 0 Å². The third kappa shape index (κ3) is 3.13. The van der Waals surface area contributed by atoms with Gasteiger partial charge in [0.1, 0.15) is 0 Å². The second kappa shape index (κ2) is 7.47. The molecule has 0 aliphatic heterocycles. The second-order valence-corrected chi connectivity index (χ2v) is 7.43. The van der Waals surface area contributed by atoms with Crippen LogP contribution >= 0.6 is 0 Å². The minimum absolute atomic E-state index is 0.470. The summed E-state index contributed by atoms with van der Waals surface area (Å²) in [7, 11) is 0. The SMILES string of the molecule is N#Cc1ccccc1Cn1c2cc(-c3ccccc3)c[c]c2c2c(C(N)=O)cccc21. The van der Waals surface area contributed by atoms with Crippen LogP contribution in [0.4, 0.5) is 0 Å². The van der Waals surface area contributed by atoms with E-state index in [4.69, 9.17) is 5.73 Å². The maximum atomic E-state index is 12.2. The highest BCUT2D eigenvalue weighted by Crippen LogP contribution is 2.35. The molecule has 0 aliphatic rings. The van der Waals surface area contributed by atoms with Crippen LogP contribution in [0.5, 0.6) is 0 Å². The molecule has 1 heterocycles. The zero-order valence-electron chi connectivity index (χ0n) is 16.7. The van der Waals surface area contributed by atoms with Gasteiger partial charge < -0.3 is 10.3 Å². The molecule has 4 heteroatoms. The summed E-state index contributed by atoms with van der Waals surface area (Å²) in [5.74, 6) is -0.470. The number of nitrogens with two attached hydrogens (primary N) is 1. The molecule has 0 atom stereocenters. The third-order valence-electron chi connectivity index (χ3n) is 5.63. The zero-order valence-corrected chi connectivity index (χ0v) is 16.7. The van der Waals surface area contributed by atoms with Gasteiger partial charge in [0.05, 0.1) is 22.7 Å². The van der Waals surface area contributed by atoms with Crippen LogP contribution in [-0.2, 0) is 6.54 Å². The Morgan fingerprint density at radius 1 is 0.935 bits per heavy atom. The number of primary amides is 1. The molecule has 0 saturated heterocycles. The van der Waals surface area contributed by atoms with Gasteiger partial charge in [0, 0.05) is 22.9 Å². The average molecular weight is 400 g/mol. The standard InChI is InChI=1S/C27H18N3O/c28-16-20-9-4-5-10-21(20)17-30-24-12-6-11-23(27(29)31)26(24)22-14-13-19(15-25(22)30)18-7-2-1-3-8-18/h1-13,15H,17H2,(H2,29,31). The van der Waals surface area contributed by atoms with Gasteiger partial charge in [0.15, 0.2) is 0 Å². The predicted molar refractivity (Wildman–Crippen MR) is 122 cm³/mol. The van der Waals surface area contributed by atoms with E-state index in [0.717, 1.165) is 38.5 Å². The lowest BCUT2D eigenvalue weighted by Crippen LogP contribution is -2.11. The summed E-state index contributed by atoms with van der Waals surface area (Å²) in [6.07, 6.45) is 0. The molecule has 147 valence electrons. The molecule has 1 amide bonds. The number of fused-ring (bicyclic) bond motifs is 3. The molecule has 1 radical (unpaired) electrons. The van der Waals surface area contributed by atoms with Crippen LogP contribution in [0.2, 0.25) is 0 Å². The van der Waals surface area contributed by atoms with Crippen molar-refractivity contribution in [2.45, 2.75) is 6.54 Å². The molecule has 0 unspecified atom stereocenters. The Morgan fingerprint density at radius 2 is 1.71 bits per heavy atom. The van der Waals surface area contributed by atoms with Crippen molar-refractivity contribution in [3.8, 4) is 17.2 Å². The van der Waals surface area contributed by atoms with Crippen LogP contribution in [0, 0.1) is 17.4 Å². The Balaban J connectivity index is 1.83. The number of benzene rings is 4. The molecular weight excluding hydrogens is 382 g/mol. The summed E-state index contributed by atoms with van der Waals surface area (Å²) < 4.78 is 2.14. The third-order valence-corrected chi connectivity index (χ3v) is 5.63. The van der Waals surface area contributed by atoms with E-state index in [2.05, 4.69) is 34.9 Å². The van der Waals surface area contributed by atoms with Crippen LogP contribution in [0.1, 0.15) is 21.5 Å². The first-order valence-electron chi connectivity index (χ1n) is 9.97. The quantitative estimate of drug-likeness (QED) is 0.446. The molecule has 1 aromatic heterocycles. The molecule has 5 rings (SSSR count). The van der Waals surface area contributed by atoms with Crippen LogP contribution in [-0.4, -0.2) is 10.5 Å². The molecular formula is C27H18N3O. The second-order valence-electron chi connectivity index (χ2n) is 7.43. The molecule has 4 nitrogen and oxygen atoms in total. The van der Waals surface area contributed by atoms with Crippen molar-refractivity contribution in [1.82, 2.24) is 4.57 Å². The van der Waals surface area contributed by atoms with Crippen molar-refractivity contribution < 1.29 is 4.79 Å². The highest BCUT2D eigenvalue weighted by molar-refractivity contribution is 6.18. The smallest absolute Gasteiger partial charge is 0.249 e. The minimum atomic E-state index is -0.470. The fourth-order valence-electron chi connectivity index (χ4n) is 4.17. The van der Waals surface area contributed by atoms with Crippen LogP contribution < -0.4 is 5.73 Å². The van der Waals surface area contributed by atoms with Crippen molar-refractivity contribution in [2.24, 2.45) is 5.73 Å². The molecule has 0 aliphatic carbocycles. The number of nitriles is 1. The lowest BCUT2D eigenvalue weighted by Gasteiger charge is -2.10. The fourth-order valence-corrected chi connectivity index (χ4v) is 4.17. The summed E-state index contributed by atoms with van der Waals surface area (Å²) in [5.41, 5.74) is 11.7. The first kappa shape index (κ1) is 18.7. The normalized spacial score (nSPS) is 10.9. The first-order valence-corrected chi connectivity index (χ1v) is 9.97. The van der Waals surface area contributed by atoms with Gasteiger partial charge >= 0.3 is 0 Å². The lowest BCUT2D eigenvalue weighted by molar-refractivity contribution is 0.100. The molecule has 31 heavy (non-hydrogen) atoms. The van der Waals surface area contributed by atoms with Crippen LogP contribution in [0.3, 0.4) is 0 Å². The van der Waals surface area contributed by atoms with Crippen molar-refractivity contribution in [3.63, 3.8) is 0 Å². The summed E-state index contributed by atoms with van der Waals surface area (Å²) in [5, 5.41) is 11.2. The van der Waals surface area contributed by atoms with E-state index in [1.54, 1.807) is 6.07 Å². The number of hydrogen-bond donors (Lipinski definition) is 1.